The molecule has 8 nitrogen and oxygen atoms in total. The Balaban J connectivity index is 1.56. The Morgan fingerprint density at radius 3 is 2.71 bits per heavy atom. The minimum atomic E-state index is -0.845. The van der Waals surface area contributed by atoms with Crippen LogP contribution in [0, 0.1) is 11.3 Å². The van der Waals surface area contributed by atoms with Gasteiger partial charge in [0.1, 0.15) is 6.04 Å². The van der Waals surface area contributed by atoms with Gasteiger partial charge in [-0.25, -0.2) is 0 Å². The lowest BCUT2D eigenvalue weighted by molar-refractivity contribution is -0.161. The Kier molecular flexibility index (Phi) is 9.86. The number of piperidine rings is 1. The smallest absolute Gasteiger partial charge is 0.314 e. The van der Waals surface area contributed by atoms with Crippen molar-refractivity contribution in [1.29, 1.82) is 0 Å². The first-order valence-corrected chi connectivity index (χ1v) is 14.7. The molecule has 4 atom stereocenters. The summed E-state index contributed by atoms with van der Waals surface area (Å²) in [5.41, 5.74) is 6.86. The van der Waals surface area contributed by atoms with Gasteiger partial charge in [-0.2, -0.15) is 0 Å². The van der Waals surface area contributed by atoms with Crippen LogP contribution in [0.4, 0.5) is 0 Å². The number of nitrogens with two attached hydrogens (primary N) is 1. The lowest BCUT2D eigenvalue weighted by Gasteiger charge is -2.42. The highest BCUT2D eigenvalue weighted by molar-refractivity contribution is 5.93. The fourth-order valence-electron chi connectivity index (χ4n) is 5.93. The Morgan fingerprint density at radius 1 is 1.22 bits per heavy atom. The number of esters is 1. The van der Waals surface area contributed by atoms with Gasteiger partial charge in [0.2, 0.25) is 11.8 Å². The Bertz CT molecular complexity index is 1210. The molecule has 0 spiro atoms. The average Bonchev–Trinajstić information content (AvgIpc) is 3.35. The fraction of sp³-hybridized carbons (Fsp3) is 0.485. The Labute approximate surface area is 243 Å². The Hall–Kier alpha value is -3.65. The molecule has 2 amide bonds. The molecular formula is C33H44N4O4. The van der Waals surface area contributed by atoms with Crippen molar-refractivity contribution in [2.24, 2.45) is 17.1 Å². The standard InChI is InChI=1S/C33H44N4O4/c1-4-41-31(40)33(21-24-12-6-5-7-13-24)18-11-19-37(23-33)30(39)28(36-29(38)16-10-17-32(2,3)34)20-25-22-35-27-15-9-8-14-26(25)27/h5-10,12-16,22,26-28,35H,4,11,17-21,23,34H2,1-3H3,(H,36,38)/b16-10+/t26?,27?,28-,33+/m1/s1. The summed E-state index contributed by atoms with van der Waals surface area (Å²) in [5.74, 6) is -0.683. The molecule has 2 aliphatic heterocycles. The maximum Gasteiger partial charge on any atom is 0.314 e. The zero-order valence-corrected chi connectivity index (χ0v) is 24.5. The second-order valence-electron chi connectivity index (χ2n) is 12.1. The highest BCUT2D eigenvalue weighted by Crippen LogP contribution is 2.36. The summed E-state index contributed by atoms with van der Waals surface area (Å²) in [6, 6.07) is 9.22. The third-order valence-electron chi connectivity index (χ3n) is 7.97. The van der Waals surface area contributed by atoms with Crippen LogP contribution in [0.1, 0.15) is 52.0 Å². The van der Waals surface area contributed by atoms with Crippen molar-refractivity contribution in [2.75, 3.05) is 19.7 Å². The van der Waals surface area contributed by atoms with Gasteiger partial charge in [0.15, 0.2) is 0 Å². The molecule has 41 heavy (non-hydrogen) atoms. The maximum absolute atomic E-state index is 14.2. The largest absolute Gasteiger partial charge is 0.466 e. The zero-order chi connectivity index (χ0) is 29.5. The zero-order valence-electron chi connectivity index (χ0n) is 24.5. The normalized spacial score (nSPS) is 24.4. The van der Waals surface area contributed by atoms with Gasteiger partial charge in [0, 0.05) is 24.5 Å². The van der Waals surface area contributed by atoms with E-state index in [0.29, 0.717) is 38.6 Å². The third-order valence-corrected chi connectivity index (χ3v) is 7.97. The first-order valence-electron chi connectivity index (χ1n) is 14.7. The number of fused-ring (bicyclic) bond motifs is 1. The highest BCUT2D eigenvalue weighted by atomic mass is 16.5. The predicted octanol–water partition coefficient (Wildman–Crippen LogP) is 3.56. The summed E-state index contributed by atoms with van der Waals surface area (Å²) in [7, 11) is 0. The predicted molar refractivity (Wildman–Crippen MR) is 160 cm³/mol. The number of hydrogen-bond acceptors (Lipinski definition) is 6. The molecule has 4 N–H and O–H groups in total. The van der Waals surface area contributed by atoms with Crippen LogP contribution in [0.3, 0.4) is 0 Å². The molecule has 0 aromatic heterocycles. The quantitative estimate of drug-likeness (QED) is 0.282. The molecule has 1 fully saturated rings. The Morgan fingerprint density at radius 2 is 1.98 bits per heavy atom. The molecule has 0 saturated carbocycles. The van der Waals surface area contributed by atoms with Gasteiger partial charge < -0.3 is 26.0 Å². The van der Waals surface area contributed by atoms with Crippen LogP contribution in [0.15, 0.2) is 78.6 Å². The molecular weight excluding hydrogens is 516 g/mol. The SMILES string of the molecule is CCOC(=O)[C@]1(Cc2ccccc2)CCCN(C(=O)[C@@H](CC2=CNC3C=CC=CC23)NC(=O)/C=C/CC(C)(C)N)C1. The van der Waals surface area contributed by atoms with E-state index in [1.807, 2.05) is 62.5 Å². The van der Waals surface area contributed by atoms with Crippen molar-refractivity contribution in [3.63, 3.8) is 0 Å². The van der Waals surface area contributed by atoms with E-state index < -0.39 is 17.0 Å². The molecule has 1 aromatic rings. The van der Waals surface area contributed by atoms with Crippen molar-refractivity contribution in [3.05, 3.63) is 84.1 Å². The average molecular weight is 561 g/mol. The number of amides is 2. The molecule has 1 aliphatic carbocycles. The monoisotopic (exact) mass is 560 g/mol. The van der Waals surface area contributed by atoms with Crippen molar-refractivity contribution < 1.29 is 19.1 Å². The topological polar surface area (TPSA) is 114 Å². The summed E-state index contributed by atoms with van der Waals surface area (Å²) in [6.45, 7) is 6.63. The van der Waals surface area contributed by atoms with Crippen LogP contribution >= 0.6 is 0 Å². The minimum Gasteiger partial charge on any atom is -0.466 e. The van der Waals surface area contributed by atoms with Gasteiger partial charge in [-0.1, -0.05) is 60.7 Å². The number of carbonyl (C=O) groups excluding carboxylic acids is 3. The van der Waals surface area contributed by atoms with Crippen LogP contribution in [-0.4, -0.2) is 60.0 Å². The lowest BCUT2D eigenvalue weighted by atomic mass is 9.74. The number of ether oxygens (including phenoxy) is 1. The number of rotatable bonds is 11. The van der Waals surface area contributed by atoms with Crippen molar-refractivity contribution >= 4 is 17.8 Å². The molecule has 0 radical (unpaired) electrons. The molecule has 2 heterocycles. The van der Waals surface area contributed by atoms with Crippen LogP contribution in [0.5, 0.6) is 0 Å². The fourth-order valence-corrected chi connectivity index (χ4v) is 5.93. The van der Waals surface area contributed by atoms with E-state index in [9.17, 15) is 14.4 Å². The van der Waals surface area contributed by atoms with E-state index >= 15 is 0 Å². The summed E-state index contributed by atoms with van der Waals surface area (Å²) in [5, 5.41) is 6.35. The van der Waals surface area contributed by atoms with E-state index in [2.05, 4.69) is 22.8 Å². The van der Waals surface area contributed by atoms with Crippen LogP contribution in [0.2, 0.25) is 0 Å². The van der Waals surface area contributed by atoms with E-state index in [4.69, 9.17) is 10.5 Å². The van der Waals surface area contributed by atoms with E-state index in [-0.39, 0.29) is 42.9 Å². The van der Waals surface area contributed by atoms with E-state index in [1.54, 1.807) is 17.9 Å². The highest BCUT2D eigenvalue weighted by Gasteiger charge is 2.46. The molecule has 3 aliphatic rings. The van der Waals surface area contributed by atoms with Gasteiger partial charge in [-0.15, -0.1) is 0 Å². The van der Waals surface area contributed by atoms with Crippen LogP contribution < -0.4 is 16.4 Å². The molecule has 8 heteroatoms. The van der Waals surface area contributed by atoms with Crippen LogP contribution in [0.25, 0.3) is 0 Å². The second kappa shape index (κ2) is 13.3. The molecule has 220 valence electrons. The van der Waals surface area contributed by atoms with Gasteiger partial charge in [-0.05, 0) is 76.3 Å². The molecule has 0 bridgehead atoms. The molecule has 1 saturated heterocycles. The lowest BCUT2D eigenvalue weighted by Crippen LogP contribution is -2.56. The first-order chi connectivity index (χ1) is 19.6. The number of carbonyl (C=O) groups is 3. The van der Waals surface area contributed by atoms with Gasteiger partial charge in [0.25, 0.3) is 0 Å². The van der Waals surface area contributed by atoms with Crippen molar-refractivity contribution in [3.8, 4) is 0 Å². The third kappa shape index (κ3) is 7.97. The van der Waals surface area contributed by atoms with Crippen molar-refractivity contribution in [2.45, 2.75) is 70.5 Å². The second-order valence-corrected chi connectivity index (χ2v) is 12.1. The maximum atomic E-state index is 14.2. The number of nitrogens with zero attached hydrogens (tertiary/aromatic N) is 1. The minimum absolute atomic E-state index is 0.124. The number of hydrogen-bond donors (Lipinski definition) is 3. The van der Waals surface area contributed by atoms with Gasteiger partial charge in [-0.3, -0.25) is 14.4 Å². The summed E-state index contributed by atoms with van der Waals surface area (Å²) in [6.07, 6.45) is 16.1. The van der Waals surface area contributed by atoms with E-state index in [0.717, 1.165) is 11.1 Å². The van der Waals surface area contributed by atoms with Crippen molar-refractivity contribution in [1.82, 2.24) is 15.5 Å². The number of likely N-dealkylation sites (tertiary alicyclic amines) is 1. The van der Waals surface area contributed by atoms with Gasteiger partial charge in [0.05, 0.1) is 18.1 Å². The summed E-state index contributed by atoms with van der Waals surface area (Å²) in [4.78, 5) is 42.3. The number of nitrogens with one attached hydrogen (secondary N) is 2. The molecule has 4 rings (SSSR count). The number of benzene rings is 1. The summed E-state index contributed by atoms with van der Waals surface area (Å²) < 4.78 is 5.55. The summed E-state index contributed by atoms with van der Waals surface area (Å²) >= 11 is 0. The van der Waals surface area contributed by atoms with E-state index in [1.165, 1.54) is 6.08 Å². The number of allylic oxidation sites excluding steroid dienone is 2. The van der Waals surface area contributed by atoms with Crippen LogP contribution in [-0.2, 0) is 25.5 Å². The van der Waals surface area contributed by atoms with Gasteiger partial charge >= 0.3 is 5.97 Å². The molecule has 2 unspecified atom stereocenters. The molecule has 1 aromatic carbocycles. The first kappa shape index (κ1) is 30.3.